The summed E-state index contributed by atoms with van der Waals surface area (Å²) < 4.78 is 1.75. The summed E-state index contributed by atoms with van der Waals surface area (Å²) in [5.41, 5.74) is 4.67. The van der Waals surface area contributed by atoms with Crippen molar-refractivity contribution in [1.82, 2.24) is 9.78 Å². The van der Waals surface area contributed by atoms with Crippen molar-refractivity contribution in [1.29, 1.82) is 0 Å². The summed E-state index contributed by atoms with van der Waals surface area (Å²) >= 11 is 12.1. The lowest BCUT2D eigenvalue weighted by Crippen LogP contribution is -2.00. The summed E-state index contributed by atoms with van der Waals surface area (Å²) in [5, 5.41) is 18.2. The lowest BCUT2D eigenvalue weighted by Gasteiger charge is -2.08. The van der Waals surface area contributed by atoms with Crippen molar-refractivity contribution < 1.29 is 9.90 Å². The molecule has 150 valence electrons. The first-order valence-corrected chi connectivity index (χ1v) is 9.93. The van der Waals surface area contributed by atoms with Crippen molar-refractivity contribution in [3.05, 3.63) is 100 Å². The third-order valence-electron chi connectivity index (χ3n) is 4.62. The average Bonchev–Trinajstić information content (AvgIpc) is 3.19. The van der Waals surface area contributed by atoms with E-state index in [1.807, 2.05) is 42.6 Å². The van der Waals surface area contributed by atoms with E-state index in [1.165, 1.54) is 0 Å². The molecule has 0 radical (unpaired) electrons. The minimum Gasteiger partial charge on any atom is -0.478 e. The smallest absolute Gasteiger partial charge is 0.335 e. The Hall–Kier alpha value is -3.28. The van der Waals surface area contributed by atoms with E-state index in [0.717, 1.165) is 28.2 Å². The van der Waals surface area contributed by atoms with E-state index in [1.54, 1.807) is 41.1 Å². The third-order valence-corrected chi connectivity index (χ3v) is 5.36. The molecule has 3 aromatic carbocycles. The van der Waals surface area contributed by atoms with Crippen LogP contribution in [-0.2, 0) is 6.54 Å². The van der Waals surface area contributed by atoms with Gasteiger partial charge in [0.1, 0.15) is 0 Å². The first-order chi connectivity index (χ1) is 14.5. The second-order valence-corrected chi connectivity index (χ2v) is 7.46. The SMILES string of the molecule is O=C(O)c1ccc(-n2cc(CNc3ccc(Cl)c(Cl)c3)c(-c3ccccc3)n2)cc1. The van der Waals surface area contributed by atoms with Crippen LogP contribution in [0.25, 0.3) is 16.9 Å². The quantitative estimate of drug-likeness (QED) is 0.379. The second-order valence-electron chi connectivity index (χ2n) is 6.65. The molecule has 0 unspecified atom stereocenters. The summed E-state index contributed by atoms with van der Waals surface area (Å²) in [4.78, 5) is 11.1. The molecule has 0 amide bonds. The van der Waals surface area contributed by atoms with Crippen LogP contribution in [0.5, 0.6) is 0 Å². The van der Waals surface area contributed by atoms with E-state index < -0.39 is 5.97 Å². The molecule has 0 atom stereocenters. The number of nitrogens with one attached hydrogen (secondary N) is 1. The van der Waals surface area contributed by atoms with Gasteiger partial charge in [-0.2, -0.15) is 5.10 Å². The van der Waals surface area contributed by atoms with Gasteiger partial charge in [0.05, 0.1) is 27.0 Å². The highest BCUT2D eigenvalue weighted by atomic mass is 35.5. The Morgan fingerprint density at radius 3 is 2.37 bits per heavy atom. The van der Waals surface area contributed by atoms with Gasteiger partial charge in [-0.1, -0.05) is 53.5 Å². The predicted octanol–water partition coefficient (Wildman–Crippen LogP) is 6.16. The fraction of sp³-hybridized carbons (Fsp3) is 0.0435. The first kappa shape index (κ1) is 20.0. The van der Waals surface area contributed by atoms with Crippen molar-refractivity contribution in [2.24, 2.45) is 0 Å². The molecule has 0 aliphatic heterocycles. The van der Waals surface area contributed by atoms with Crippen LogP contribution in [0.4, 0.5) is 5.69 Å². The van der Waals surface area contributed by atoms with Gasteiger partial charge in [-0.3, -0.25) is 0 Å². The molecule has 4 rings (SSSR count). The molecule has 0 fully saturated rings. The zero-order valence-electron chi connectivity index (χ0n) is 15.7. The Kier molecular flexibility index (Phi) is 5.74. The Morgan fingerprint density at radius 1 is 0.967 bits per heavy atom. The van der Waals surface area contributed by atoms with Gasteiger partial charge in [0, 0.05) is 29.6 Å². The maximum Gasteiger partial charge on any atom is 0.335 e. The Labute approximate surface area is 183 Å². The van der Waals surface area contributed by atoms with Crippen LogP contribution in [0.3, 0.4) is 0 Å². The topological polar surface area (TPSA) is 67.2 Å². The number of hydrogen-bond acceptors (Lipinski definition) is 3. The number of halogens is 2. The number of rotatable bonds is 6. The monoisotopic (exact) mass is 437 g/mol. The minimum absolute atomic E-state index is 0.232. The average molecular weight is 438 g/mol. The van der Waals surface area contributed by atoms with Gasteiger partial charge in [-0.05, 0) is 42.5 Å². The number of hydrogen-bond donors (Lipinski definition) is 2. The van der Waals surface area contributed by atoms with Crippen LogP contribution in [0.1, 0.15) is 15.9 Å². The van der Waals surface area contributed by atoms with Crippen LogP contribution >= 0.6 is 23.2 Å². The van der Waals surface area contributed by atoms with Gasteiger partial charge < -0.3 is 10.4 Å². The van der Waals surface area contributed by atoms with Crippen molar-refractivity contribution in [3.8, 4) is 16.9 Å². The number of benzene rings is 3. The molecule has 5 nitrogen and oxygen atoms in total. The molecule has 7 heteroatoms. The molecule has 2 N–H and O–H groups in total. The molecule has 4 aromatic rings. The van der Waals surface area contributed by atoms with Gasteiger partial charge >= 0.3 is 5.97 Å². The summed E-state index contributed by atoms with van der Waals surface area (Å²) in [6, 6.07) is 21.9. The van der Waals surface area contributed by atoms with Crippen LogP contribution in [-0.4, -0.2) is 20.9 Å². The molecule has 0 saturated heterocycles. The van der Waals surface area contributed by atoms with Gasteiger partial charge in [0.25, 0.3) is 0 Å². The molecule has 0 aliphatic rings. The normalized spacial score (nSPS) is 10.7. The zero-order valence-corrected chi connectivity index (χ0v) is 17.2. The number of aromatic carboxylic acids is 1. The van der Waals surface area contributed by atoms with E-state index in [4.69, 9.17) is 33.4 Å². The van der Waals surface area contributed by atoms with Crippen molar-refractivity contribution in [3.63, 3.8) is 0 Å². The molecule has 1 aromatic heterocycles. The van der Waals surface area contributed by atoms with Gasteiger partial charge in [0.15, 0.2) is 0 Å². The molecule has 30 heavy (non-hydrogen) atoms. The van der Waals surface area contributed by atoms with E-state index >= 15 is 0 Å². The number of anilines is 1. The van der Waals surface area contributed by atoms with Crippen LogP contribution in [0.2, 0.25) is 10.0 Å². The summed E-state index contributed by atoms with van der Waals surface area (Å²) in [7, 11) is 0. The Balaban J connectivity index is 1.67. The van der Waals surface area contributed by atoms with Crippen LogP contribution in [0, 0.1) is 0 Å². The highest BCUT2D eigenvalue weighted by Crippen LogP contribution is 2.27. The van der Waals surface area contributed by atoms with E-state index in [9.17, 15) is 4.79 Å². The van der Waals surface area contributed by atoms with Crippen LogP contribution in [0.15, 0.2) is 79.0 Å². The standard InChI is InChI=1S/C23H17Cl2N3O2/c24-20-11-8-18(12-21(20)25)26-13-17-14-28(19-9-6-16(7-10-19)23(29)30)27-22(17)15-4-2-1-3-5-15/h1-12,14,26H,13H2,(H,29,30). The largest absolute Gasteiger partial charge is 0.478 e. The summed E-state index contributed by atoms with van der Waals surface area (Å²) in [5.74, 6) is -0.960. The zero-order chi connectivity index (χ0) is 21.1. The highest BCUT2D eigenvalue weighted by Gasteiger charge is 2.13. The Morgan fingerprint density at radius 2 is 1.70 bits per heavy atom. The lowest BCUT2D eigenvalue weighted by atomic mass is 10.1. The van der Waals surface area contributed by atoms with E-state index in [-0.39, 0.29) is 5.56 Å². The number of carboxylic acids is 1. The van der Waals surface area contributed by atoms with Crippen molar-refractivity contribution in [2.75, 3.05) is 5.32 Å². The number of carboxylic acid groups (broad SMARTS) is 1. The third kappa shape index (κ3) is 4.32. The molecule has 0 saturated carbocycles. The second kappa shape index (κ2) is 8.61. The van der Waals surface area contributed by atoms with Gasteiger partial charge in [-0.25, -0.2) is 9.48 Å². The fourth-order valence-corrected chi connectivity index (χ4v) is 3.37. The Bertz CT molecular complexity index is 1190. The molecule has 1 heterocycles. The molecule has 0 spiro atoms. The molecule has 0 aliphatic carbocycles. The number of carbonyl (C=O) groups is 1. The number of aromatic nitrogens is 2. The molecular weight excluding hydrogens is 421 g/mol. The van der Waals surface area contributed by atoms with Crippen molar-refractivity contribution in [2.45, 2.75) is 6.54 Å². The highest BCUT2D eigenvalue weighted by molar-refractivity contribution is 6.42. The fourth-order valence-electron chi connectivity index (χ4n) is 3.07. The maximum absolute atomic E-state index is 11.1. The minimum atomic E-state index is -0.960. The van der Waals surface area contributed by atoms with E-state index in [0.29, 0.717) is 16.6 Å². The van der Waals surface area contributed by atoms with Gasteiger partial charge in [0.2, 0.25) is 0 Å². The molecule has 0 bridgehead atoms. The van der Waals surface area contributed by atoms with Crippen LogP contribution < -0.4 is 5.32 Å². The first-order valence-electron chi connectivity index (χ1n) is 9.18. The van der Waals surface area contributed by atoms with Gasteiger partial charge in [-0.15, -0.1) is 0 Å². The molecular formula is C23H17Cl2N3O2. The number of nitrogens with zero attached hydrogens (tertiary/aromatic N) is 2. The predicted molar refractivity (Wildman–Crippen MR) is 120 cm³/mol. The summed E-state index contributed by atoms with van der Waals surface area (Å²) in [6.45, 7) is 0.523. The summed E-state index contributed by atoms with van der Waals surface area (Å²) in [6.07, 6.45) is 1.93. The lowest BCUT2D eigenvalue weighted by molar-refractivity contribution is 0.0697. The van der Waals surface area contributed by atoms with E-state index in [2.05, 4.69) is 5.32 Å². The maximum atomic E-state index is 11.1. The van der Waals surface area contributed by atoms with Crippen molar-refractivity contribution >= 4 is 34.9 Å².